The third-order valence-corrected chi connectivity index (χ3v) is 3.78. The third-order valence-electron chi connectivity index (χ3n) is 3.78. The molecule has 2 rings (SSSR count). The first-order valence-corrected chi connectivity index (χ1v) is 6.93. The van der Waals surface area contributed by atoms with E-state index in [0.717, 1.165) is 6.07 Å². The molecule has 1 fully saturated rings. The summed E-state index contributed by atoms with van der Waals surface area (Å²) in [5.74, 6) is 0. The molecule has 1 aromatic carbocycles. The van der Waals surface area contributed by atoms with E-state index in [1.165, 1.54) is 4.90 Å². The average molecular weight is 344 g/mol. The molecule has 1 N–H and O–H groups in total. The molecular formula is C14H15F7N2. The number of piperazine rings is 1. The Hall–Kier alpha value is -1.35. The first kappa shape index (κ1) is 18.0. The third kappa shape index (κ3) is 4.14. The van der Waals surface area contributed by atoms with Gasteiger partial charge in [0, 0.05) is 26.2 Å². The van der Waals surface area contributed by atoms with Crippen LogP contribution in [-0.2, 0) is 12.4 Å². The molecule has 0 radical (unpaired) electrons. The molecule has 1 aliphatic heterocycles. The molecule has 0 aliphatic carbocycles. The number of hydrogen-bond donors (Lipinski definition) is 1. The fourth-order valence-corrected chi connectivity index (χ4v) is 2.64. The zero-order valence-electron chi connectivity index (χ0n) is 11.9. The van der Waals surface area contributed by atoms with Gasteiger partial charge in [-0.05, 0) is 17.7 Å². The van der Waals surface area contributed by atoms with Gasteiger partial charge in [-0.2, -0.15) is 26.3 Å². The van der Waals surface area contributed by atoms with E-state index in [1.54, 1.807) is 0 Å². The molecule has 0 bridgehead atoms. The summed E-state index contributed by atoms with van der Waals surface area (Å²) in [4.78, 5) is 1.51. The van der Waals surface area contributed by atoms with Crippen LogP contribution in [0, 0.1) is 0 Å². The van der Waals surface area contributed by atoms with E-state index in [4.69, 9.17) is 0 Å². The Labute approximate surface area is 128 Å². The minimum Gasteiger partial charge on any atom is -0.314 e. The van der Waals surface area contributed by atoms with Crippen molar-refractivity contribution in [1.29, 1.82) is 0 Å². The largest absolute Gasteiger partial charge is 0.416 e. The second kappa shape index (κ2) is 6.64. The number of alkyl halides is 7. The van der Waals surface area contributed by atoms with Crippen molar-refractivity contribution in [1.82, 2.24) is 10.2 Å². The van der Waals surface area contributed by atoms with Crippen molar-refractivity contribution in [2.75, 3.05) is 32.9 Å². The Balaban J connectivity index is 2.47. The lowest BCUT2D eigenvalue weighted by atomic mass is 9.96. The monoisotopic (exact) mass is 344 g/mol. The van der Waals surface area contributed by atoms with Gasteiger partial charge in [-0.15, -0.1) is 0 Å². The molecule has 9 heteroatoms. The van der Waals surface area contributed by atoms with Crippen LogP contribution in [0.15, 0.2) is 18.2 Å². The van der Waals surface area contributed by atoms with Crippen LogP contribution < -0.4 is 5.32 Å². The molecule has 0 unspecified atom stereocenters. The summed E-state index contributed by atoms with van der Waals surface area (Å²) < 4.78 is 90.9. The lowest BCUT2D eigenvalue weighted by molar-refractivity contribution is -0.143. The highest BCUT2D eigenvalue weighted by Gasteiger charge is 2.40. The minimum atomic E-state index is -4.99. The van der Waals surface area contributed by atoms with Crippen LogP contribution in [0.2, 0.25) is 0 Å². The van der Waals surface area contributed by atoms with Crippen molar-refractivity contribution in [2.45, 2.75) is 18.4 Å². The van der Waals surface area contributed by atoms with Crippen LogP contribution in [0.5, 0.6) is 0 Å². The van der Waals surface area contributed by atoms with Gasteiger partial charge < -0.3 is 5.32 Å². The van der Waals surface area contributed by atoms with Gasteiger partial charge in [0.1, 0.15) is 6.67 Å². The fraction of sp³-hybridized carbons (Fsp3) is 0.571. The van der Waals surface area contributed by atoms with E-state index in [0.29, 0.717) is 32.2 Å². The first-order chi connectivity index (χ1) is 10.6. The van der Waals surface area contributed by atoms with Gasteiger partial charge in [-0.1, -0.05) is 6.07 Å². The molecule has 2 nitrogen and oxygen atoms in total. The van der Waals surface area contributed by atoms with Crippen LogP contribution in [-0.4, -0.2) is 37.8 Å². The second-order valence-electron chi connectivity index (χ2n) is 5.25. The molecule has 130 valence electrons. The second-order valence-corrected chi connectivity index (χ2v) is 5.25. The number of hydrogen-bond acceptors (Lipinski definition) is 2. The van der Waals surface area contributed by atoms with Gasteiger partial charge >= 0.3 is 12.4 Å². The molecule has 1 atom stereocenters. The smallest absolute Gasteiger partial charge is 0.314 e. The van der Waals surface area contributed by atoms with Gasteiger partial charge in [0.05, 0.1) is 17.2 Å². The van der Waals surface area contributed by atoms with Crippen molar-refractivity contribution in [2.24, 2.45) is 0 Å². The molecule has 23 heavy (non-hydrogen) atoms. The molecule has 0 saturated carbocycles. The molecule has 1 aromatic rings. The Morgan fingerprint density at radius 2 is 1.61 bits per heavy atom. The lowest BCUT2D eigenvalue weighted by Gasteiger charge is -2.35. The van der Waals surface area contributed by atoms with E-state index in [-0.39, 0.29) is 6.07 Å². The van der Waals surface area contributed by atoms with E-state index in [2.05, 4.69) is 5.32 Å². The highest BCUT2D eigenvalue weighted by atomic mass is 19.4. The highest BCUT2D eigenvalue weighted by molar-refractivity contribution is 5.37. The van der Waals surface area contributed by atoms with Crippen molar-refractivity contribution < 1.29 is 30.7 Å². The Kier molecular flexibility index (Phi) is 5.20. The molecule has 1 saturated heterocycles. The summed E-state index contributed by atoms with van der Waals surface area (Å²) in [7, 11) is 0. The van der Waals surface area contributed by atoms with Crippen molar-refractivity contribution >= 4 is 0 Å². The maximum Gasteiger partial charge on any atom is 0.416 e. The highest BCUT2D eigenvalue weighted by Crippen LogP contribution is 2.40. The summed E-state index contributed by atoms with van der Waals surface area (Å²) in [5.41, 5.74) is -3.30. The quantitative estimate of drug-likeness (QED) is 0.843. The van der Waals surface area contributed by atoms with Crippen LogP contribution in [0.1, 0.15) is 22.7 Å². The number of benzene rings is 1. The Bertz CT molecular complexity index is 533. The predicted molar refractivity (Wildman–Crippen MR) is 69.6 cm³/mol. The average Bonchev–Trinajstić information content (AvgIpc) is 2.47. The summed E-state index contributed by atoms with van der Waals surface area (Å²) >= 11 is 0. The summed E-state index contributed by atoms with van der Waals surface area (Å²) in [6, 6.07) is 0.143. The zero-order chi connectivity index (χ0) is 17.3. The van der Waals surface area contributed by atoms with Crippen molar-refractivity contribution in [3.05, 3.63) is 34.9 Å². The van der Waals surface area contributed by atoms with Crippen LogP contribution in [0.4, 0.5) is 30.7 Å². The van der Waals surface area contributed by atoms with E-state index >= 15 is 0 Å². The topological polar surface area (TPSA) is 15.3 Å². The number of nitrogens with zero attached hydrogens (tertiary/aromatic N) is 1. The molecule has 1 aliphatic rings. The summed E-state index contributed by atoms with van der Waals surface area (Å²) in [6.07, 6.45) is -9.88. The van der Waals surface area contributed by atoms with E-state index in [9.17, 15) is 30.7 Å². The van der Waals surface area contributed by atoms with E-state index < -0.39 is 41.8 Å². The van der Waals surface area contributed by atoms with Crippen LogP contribution in [0.25, 0.3) is 0 Å². The van der Waals surface area contributed by atoms with Crippen LogP contribution in [0.3, 0.4) is 0 Å². The lowest BCUT2D eigenvalue weighted by Crippen LogP contribution is -2.46. The summed E-state index contributed by atoms with van der Waals surface area (Å²) in [5, 5.41) is 2.98. The maximum atomic E-state index is 13.4. The fourth-order valence-electron chi connectivity index (χ4n) is 2.64. The van der Waals surface area contributed by atoms with Crippen molar-refractivity contribution in [3.8, 4) is 0 Å². The predicted octanol–water partition coefficient (Wildman–Crippen LogP) is 3.64. The SMILES string of the molecule is FC[C@@H](c1ccc(C(F)(F)F)cc1C(F)(F)F)N1CCNCC1. The molecule has 0 amide bonds. The maximum absolute atomic E-state index is 13.4. The van der Waals surface area contributed by atoms with Gasteiger partial charge in [0.15, 0.2) is 0 Å². The van der Waals surface area contributed by atoms with Crippen LogP contribution >= 0.6 is 0 Å². The Morgan fingerprint density at radius 3 is 2.09 bits per heavy atom. The number of halogens is 7. The molecule has 0 aromatic heterocycles. The standard InChI is InChI=1S/C14H15F7N2/c15-8-12(23-5-3-22-4-6-23)10-2-1-9(13(16,17)18)7-11(10)14(19,20)21/h1-2,7,12,22H,3-6,8H2/t12-/m0/s1. The van der Waals surface area contributed by atoms with E-state index in [1.807, 2.05) is 0 Å². The van der Waals surface area contributed by atoms with Gasteiger partial charge in [0.25, 0.3) is 0 Å². The first-order valence-electron chi connectivity index (χ1n) is 6.93. The molecule has 1 heterocycles. The minimum absolute atomic E-state index is 0.0557. The Morgan fingerprint density at radius 1 is 1.00 bits per heavy atom. The number of rotatable bonds is 3. The number of nitrogens with one attached hydrogen (secondary N) is 1. The summed E-state index contributed by atoms with van der Waals surface area (Å²) in [6.45, 7) is 0.519. The van der Waals surface area contributed by atoms with Gasteiger partial charge in [-0.25, -0.2) is 4.39 Å². The normalized spacial score (nSPS) is 18.9. The van der Waals surface area contributed by atoms with Crippen molar-refractivity contribution in [3.63, 3.8) is 0 Å². The zero-order valence-corrected chi connectivity index (χ0v) is 11.9. The van der Waals surface area contributed by atoms with Gasteiger partial charge in [-0.3, -0.25) is 4.90 Å². The molecular weight excluding hydrogens is 329 g/mol. The van der Waals surface area contributed by atoms with Gasteiger partial charge in [0.2, 0.25) is 0 Å². The molecule has 0 spiro atoms.